The SMILES string of the molecule is COC(=O)c1ncc(C(OC(C)=O)c2ccc(F)cc2)c(C)c1OCc1ccccc1. The van der Waals surface area contributed by atoms with E-state index in [1.54, 1.807) is 6.92 Å². The fraction of sp³-hybridized carbons (Fsp3) is 0.208. The molecule has 1 atom stereocenters. The number of hydrogen-bond donors (Lipinski definition) is 0. The van der Waals surface area contributed by atoms with Crippen LogP contribution in [0.4, 0.5) is 4.39 Å². The Morgan fingerprint density at radius 1 is 1.06 bits per heavy atom. The molecule has 0 N–H and O–H groups in total. The van der Waals surface area contributed by atoms with Crippen LogP contribution in [0.5, 0.6) is 5.75 Å². The highest BCUT2D eigenvalue weighted by Crippen LogP contribution is 2.35. The number of hydrogen-bond acceptors (Lipinski definition) is 6. The van der Waals surface area contributed by atoms with Crippen molar-refractivity contribution in [1.82, 2.24) is 4.98 Å². The van der Waals surface area contributed by atoms with Crippen molar-refractivity contribution in [2.24, 2.45) is 0 Å². The summed E-state index contributed by atoms with van der Waals surface area (Å²) < 4.78 is 29.7. The molecule has 0 aliphatic heterocycles. The number of rotatable bonds is 7. The van der Waals surface area contributed by atoms with Gasteiger partial charge in [0.15, 0.2) is 17.5 Å². The molecular weight excluding hydrogens is 401 g/mol. The number of aromatic nitrogens is 1. The molecule has 1 unspecified atom stereocenters. The van der Waals surface area contributed by atoms with E-state index >= 15 is 0 Å². The lowest BCUT2D eigenvalue weighted by molar-refractivity contribution is -0.144. The number of ether oxygens (including phenoxy) is 3. The van der Waals surface area contributed by atoms with Crippen molar-refractivity contribution in [1.29, 1.82) is 0 Å². The van der Waals surface area contributed by atoms with Crippen LogP contribution in [-0.2, 0) is 20.9 Å². The first-order valence-corrected chi connectivity index (χ1v) is 9.58. The van der Waals surface area contributed by atoms with E-state index in [2.05, 4.69) is 4.98 Å². The minimum atomic E-state index is -0.851. The zero-order chi connectivity index (χ0) is 22.4. The van der Waals surface area contributed by atoms with Crippen molar-refractivity contribution in [3.05, 3.63) is 94.6 Å². The summed E-state index contributed by atoms with van der Waals surface area (Å²) in [6, 6.07) is 15.1. The zero-order valence-corrected chi connectivity index (χ0v) is 17.4. The van der Waals surface area contributed by atoms with Crippen LogP contribution in [0.15, 0.2) is 60.8 Å². The molecule has 0 radical (unpaired) electrons. The number of esters is 2. The minimum Gasteiger partial charge on any atom is -0.486 e. The third-order valence-electron chi connectivity index (χ3n) is 4.67. The van der Waals surface area contributed by atoms with Crippen LogP contribution in [-0.4, -0.2) is 24.0 Å². The number of halogens is 1. The molecule has 0 bridgehead atoms. The van der Waals surface area contributed by atoms with E-state index in [9.17, 15) is 14.0 Å². The predicted molar refractivity (Wildman–Crippen MR) is 111 cm³/mol. The topological polar surface area (TPSA) is 74.7 Å². The van der Waals surface area contributed by atoms with Gasteiger partial charge in [-0.05, 0) is 30.2 Å². The molecule has 0 spiro atoms. The predicted octanol–water partition coefficient (Wildman–Crippen LogP) is 4.55. The van der Waals surface area contributed by atoms with Crippen molar-refractivity contribution >= 4 is 11.9 Å². The zero-order valence-electron chi connectivity index (χ0n) is 17.4. The van der Waals surface area contributed by atoms with Crippen LogP contribution in [0.1, 0.15) is 45.8 Å². The number of pyridine rings is 1. The Morgan fingerprint density at radius 2 is 1.74 bits per heavy atom. The van der Waals surface area contributed by atoms with Crippen molar-refractivity contribution in [3.63, 3.8) is 0 Å². The molecule has 0 amide bonds. The summed E-state index contributed by atoms with van der Waals surface area (Å²) in [5, 5.41) is 0. The number of benzene rings is 2. The highest BCUT2D eigenvalue weighted by atomic mass is 19.1. The van der Waals surface area contributed by atoms with Crippen molar-refractivity contribution in [2.45, 2.75) is 26.6 Å². The van der Waals surface area contributed by atoms with Gasteiger partial charge >= 0.3 is 11.9 Å². The lowest BCUT2D eigenvalue weighted by atomic mass is 9.97. The van der Waals surface area contributed by atoms with Gasteiger partial charge in [0.25, 0.3) is 0 Å². The lowest BCUT2D eigenvalue weighted by Gasteiger charge is -2.22. The molecule has 1 heterocycles. The molecule has 3 rings (SSSR count). The molecule has 7 heteroatoms. The van der Waals surface area contributed by atoms with Crippen LogP contribution in [0.25, 0.3) is 0 Å². The van der Waals surface area contributed by atoms with Gasteiger partial charge in [-0.25, -0.2) is 14.2 Å². The fourth-order valence-electron chi connectivity index (χ4n) is 3.13. The van der Waals surface area contributed by atoms with Crippen molar-refractivity contribution in [2.75, 3.05) is 7.11 Å². The number of carbonyl (C=O) groups is 2. The highest BCUT2D eigenvalue weighted by Gasteiger charge is 2.26. The van der Waals surface area contributed by atoms with Crippen LogP contribution < -0.4 is 4.74 Å². The van der Waals surface area contributed by atoms with Crippen LogP contribution in [0, 0.1) is 12.7 Å². The summed E-state index contributed by atoms with van der Waals surface area (Å²) in [6.07, 6.45) is 0.588. The maximum absolute atomic E-state index is 13.4. The van der Waals surface area contributed by atoms with E-state index in [0.29, 0.717) is 16.7 Å². The van der Waals surface area contributed by atoms with Gasteiger partial charge in [-0.2, -0.15) is 0 Å². The van der Waals surface area contributed by atoms with Gasteiger partial charge in [0.05, 0.1) is 7.11 Å². The summed E-state index contributed by atoms with van der Waals surface area (Å²) in [6.45, 7) is 3.23. The van der Waals surface area contributed by atoms with E-state index in [-0.39, 0.29) is 18.1 Å². The second kappa shape index (κ2) is 9.84. The van der Waals surface area contributed by atoms with Gasteiger partial charge in [-0.15, -0.1) is 0 Å². The van der Waals surface area contributed by atoms with Crippen LogP contribution in [0.2, 0.25) is 0 Å². The lowest BCUT2D eigenvalue weighted by Crippen LogP contribution is -2.16. The Hall–Kier alpha value is -3.74. The molecule has 0 aliphatic rings. The average Bonchev–Trinajstić information content (AvgIpc) is 2.77. The largest absolute Gasteiger partial charge is 0.486 e. The first kappa shape index (κ1) is 22.0. The second-order valence-corrected chi connectivity index (χ2v) is 6.82. The molecule has 160 valence electrons. The van der Waals surface area contributed by atoms with Crippen LogP contribution in [0.3, 0.4) is 0 Å². The van der Waals surface area contributed by atoms with E-state index < -0.39 is 23.9 Å². The summed E-state index contributed by atoms with van der Waals surface area (Å²) in [7, 11) is 1.26. The van der Waals surface area contributed by atoms with Gasteiger partial charge in [-0.1, -0.05) is 42.5 Å². The highest BCUT2D eigenvalue weighted by molar-refractivity contribution is 5.91. The maximum Gasteiger partial charge on any atom is 0.360 e. The molecule has 0 saturated carbocycles. The van der Waals surface area contributed by atoms with E-state index in [0.717, 1.165) is 5.56 Å². The number of nitrogens with zero attached hydrogens (tertiary/aromatic N) is 1. The Morgan fingerprint density at radius 3 is 2.35 bits per heavy atom. The molecule has 0 saturated heterocycles. The molecule has 0 fully saturated rings. The molecule has 2 aromatic carbocycles. The smallest absolute Gasteiger partial charge is 0.360 e. The Balaban J connectivity index is 2.06. The fourth-order valence-corrected chi connectivity index (χ4v) is 3.13. The first-order chi connectivity index (χ1) is 14.9. The monoisotopic (exact) mass is 423 g/mol. The average molecular weight is 423 g/mol. The molecule has 0 aliphatic carbocycles. The van der Waals surface area contributed by atoms with Crippen molar-refractivity contribution in [3.8, 4) is 5.75 Å². The van der Waals surface area contributed by atoms with Crippen molar-refractivity contribution < 1.29 is 28.2 Å². The normalized spacial score (nSPS) is 11.5. The molecular formula is C24H22FNO5. The summed E-state index contributed by atoms with van der Waals surface area (Å²) in [5.74, 6) is -1.35. The third-order valence-corrected chi connectivity index (χ3v) is 4.67. The summed E-state index contributed by atoms with van der Waals surface area (Å²) in [5.41, 5.74) is 2.54. The molecule has 6 nitrogen and oxygen atoms in total. The maximum atomic E-state index is 13.4. The molecule has 31 heavy (non-hydrogen) atoms. The first-order valence-electron chi connectivity index (χ1n) is 9.58. The molecule has 3 aromatic rings. The van der Waals surface area contributed by atoms with Crippen LogP contribution >= 0.6 is 0 Å². The van der Waals surface area contributed by atoms with Gasteiger partial charge in [0.1, 0.15) is 12.4 Å². The quantitative estimate of drug-likeness (QED) is 0.519. The van der Waals surface area contributed by atoms with Gasteiger partial charge < -0.3 is 14.2 Å². The standard InChI is InChI=1S/C24H22FNO5/c1-15-20(23(31-16(2)27)18-9-11-19(25)12-10-18)13-26-21(24(28)29-3)22(15)30-14-17-7-5-4-6-8-17/h4-13,23H,14H2,1-3H3. The third kappa shape index (κ3) is 5.25. The molecule has 1 aromatic heterocycles. The van der Waals surface area contributed by atoms with E-state index in [1.807, 2.05) is 30.3 Å². The van der Waals surface area contributed by atoms with Gasteiger partial charge in [-0.3, -0.25) is 4.79 Å². The van der Waals surface area contributed by atoms with Gasteiger partial charge in [0, 0.05) is 24.2 Å². The van der Waals surface area contributed by atoms with E-state index in [1.165, 1.54) is 44.5 Å². The Kier molecular flexibility index (Phi) is 6.97. The van der Waals surface area contributed by atoms with E-state index in [4.69, 9.17) is 14.2 Å². The van der Waals surface area contributed by atoms with Gasteiger partial charge in [0.2, 0.25) is 0 Å². The summed E-state index contributed by atoms with van der Waals surface area (Å²) >= 11 is 0. The minimum absolute atomic E-state index is 0.0142. The Bertz CT molecular complexity index is 1070. The number of methoxy groups -OCH3 is 1. The second-order valence-electron chi connectivity index (χ2n) is 6.82. The Labute approximate surface area is 179 Å². The summed E-state index contributed by atoms with van der Waals surface area (Å²) in [4.78, 5) is 28.3. The number of carbonyl (C=O) groups excluding carboxylic acids is 2.